The third-order valence-corrected chi connectivity index (χ3v) is 2.08. The minimum atomic E-state index is -0.557. The fourth-order valence-corrected chi connectivity index (χ4v) is 1.18. The Bertz CT molecular complexity index is 356. The number of nitrogen functional groups attached to an aromatic ring is 2. The van der Waals surface area contributed by atoms with Gasteiger partial charge >= 0.3 is 0 Å². The van der Waals surface area contributed by atoms with E-state index in [9.17, 15) is 9.18 Å². The van der Waals surface area contributed by atoms with Gasteiger partial charge in [0.25, 0.3) is 5.91 Å². The molecule has 70 valence electrons. The number of hydrazine groups is 1. The highest BCUT2D eigenvalue weighted by molar-refractivity contribution is 9.10. The van der Waals surface area contributed by atoms with Gasteiger partial charge in [0.05, 0.1) is 10.0 Å². The summed E-state index contributed by atoms with van der Waals surface area (Å²) in [5.74, 6) is 3.82. The summed E-state index contributed by atoms with van der Waals surface area (Å²) in [6, 6.07) is 2.32. The third-order valence-electron chi connectivity index (χ3n) is 1.47. The molecule has 5 N–H and O–H groups in total. The lowest BCUT2D eigenvalue weighted by atomic mass is 10.1. The fraction of sp³-hybridized carbons (Fsp3) is 0. The van der Waals surface area contributed by atoms with Gasteiger partial charge in [-0.25, -0.2) is 10.2 Å². The van der Waals surface area contributed by atoms with Crippen LogP contribution in [0, 0.1) is 5.82 Å². The number of hydrogen-bond donors (Lipinski definition) is 3. The van der Waals surface area contributed by atoms with Crippen LogP contribution in [-0.2, 0) is 0 Å². The van der Waals surface area contributed by atoms with Crippen molar-refractivity contribution < 1.29 is 9.18 Å². The van der Waals surface area contributed by atoms with E-state index in [4.69, 9.17) is 11.6 Å². The molecular formula is C7H7BrFN3O. The average Bonchev–Trinajstić information content (AvgIpc) is 2.10. The highest BCUT2D eigenvalue weighted by atomic mass is 79.9. The van der Waals surface area contributed by atoms with Gasteiger partial charge in [-0.05, 0) is 28.1 Å². The first-order chi connectivity index (χ1) is 6.06. The summed E-state index contributed by atoms with van der Waals surface area (Å²) in [5, 5.41) is 0. The van der Waals surface area contributed by atoms with Crippen LogP contribution in [0.3, 0.4) is 0 Å². The van der Waals surface area contributed by atoms with Gasteiger partial charge in [0.15, 0.2) is 0 Å². The minimum Gasteiger partial charge on any atom is -0.398 e. The Hall–Kier alpha value is -1.14. The van der Waals surface area contributed by atoms with Gasteiger partial charge in [-0.15, -0.1) is 0 Å². The molecule has 0 bridgehead atoms. The second-order valence-corrected chi connectivity index (χ2v) is 3.18. The zero-order chi connectivity index (χ0) is 10.0. The topological polar surface area (TPSA) is 81.1 Å². The summed E-state index contributed by atoms with van der Waals surface area (Å²) in [7, 11) is 0. The van der Waals surface area contributed by atoms with E-state index in [2.05, 4.69) is 15.9 Å². The first-order valence-corrected chi connectivity index (χ1v) is 4.11. The largest absolute Gasteiger partial charge is 0.398 e. The smallest absolute Gasteiger partial charge is 0.267 e. The molecule has 0 radical (unpaired) electrons. The highest BCUT2D eigenvalue weighted by Gasteiger charge is 2.11. The maximum atomic E-state index is 12.8. The van der Waals surface area contributed by atoms with Crippen LogP contribution in [0.4, 0.5) is 10.1 Å². The molecule has 4 nitrogen and oxygen atoms in total. The van der Waals surface area contributed by atoms with E-state index >= 15 is 0 Å². The molecule has 0 unspecified atom stereocenters. The number of carbonyl (C=O) groups is 1. The van der Waals surface area contributed by atoms with E-state index in [1.807, 2.05) is 5.43 Å². The molecule has 0 aromatic heterocycles. The molecule has 0 saturated carbocycles. The SMILES string of the molecule is NNC(=O)c1cc(Br)c(F)cc1N. The van der Waals surface area contributed by atoms with Gasteiger partial charge in [-0.2, -0.15) is 0 Å². The second-order valence-electron chi connectivity index (χ2n) is 2.33. The lowest BCUT2D eigenvalue weighted by Gasteiger charge is -2.04. The molecule has 0 aliphatic carbocycles. The molecule has 0 aliphatic rings. The van der Waals surface area contributed by atoms with E-state index in [1.54, 1.807) is 0 Å². The van der Waals surface area contributed by atoms with Crippen molar-refractivity contribution in [1.29, 1.82) is 0 Å². The number of anilines is 1. The van der Waals surface area contributed by atoms with E-state index in [0.717, 1.165) is 6.07 Å². The molecule has 6 heteroatoms. The third kappa shape index (κ3) is 1.96. The molecule has 1 aromatic carbocycles. The van der Waals surface area contributed by atoms with E-state index in [-0.39, 0.29) is 15.7 Å². The van der Waals surface area contributed by atoms with Crippen LogP contribution in [0.1, 0.15) is 10.4 Å². The maximum absolute atomic E-state index is 12.8. The molecule has 0 spiro atoms. The maximum Gasteiger partial charge on any atom is 0.267 e. The number of benzene rings is 1. The van der Waals surface area contributed by atoms with E-state index in [1.165, 1.54) is 6.07 Å². The summed E-state index contributed by atoms with van der Waals surface area (Å²) >= 11 is 2.93. The normalized spacial score (nSPS) is 9.77. The second kappa shape index (κ2) is 3.71. The van der Waals surface area contributed by atoms with Crippen molar-refractivity contribution in [2.24, 2.45) is 5.84 Å². The van der Waals surface area contributed by atoms with Crippen molar-refractivity contribution in [3.63, 3.8) is 0 Å². The lowest BCUT2D eigenvalue weighted by Crippen LogP contribution is -2.30. The van der Waals surface area contributed by atoms with Crippen LogP contribution in [0.5, 0.6) is 0 Å². The zero-order valence-corrected chi connectivity index (χ0v) is 8.06. The van der Waals surface area contributed by atoms with Crippen LogP contribution < -0.4 is 17.0 Å². The number of hydrogen-bond acceptors (Lipinski definition) is 3. The Morgan fingerprint density at radius 3 is 2.69 bits per heavy atom. The van der Waals surface area contributed by atoms with Crippen LogP contribution in [0.2, 0.25) is 0 Å². The van der Waals surface area contributed by atoms with Gasteiger partial charge in [-0.3, -0.25) is 10.2 Å². The zero-order valence-electron chi connectivity index (χ0n) is 6.47. The quantitative estimate of drug-likeness (QED) is 0.297. The van der Waals surface area contributed by atoms with Crippen molar-refractivity contribution in [2.45, 2.75) is 0 Å². The molecule has 0 fully saturated rings. The van der Waals surface area contributed by atoms with Crippen molar-refractivity contribution in [1.82, 2.24) is 5.43 Å². The molecule has 1 aromatic rings. The Morgan fingerprint density at radius 2 is 2.15 bits per heavy atom. The number of halogens is 2. The molecule has 0 aliphatic heterocycles. The van der Waals surface area contributed by atoms with Crippen molar-refractivity contribution in [3.05, 3.63) is 28.0 Å². The Morgan fingerprint density at radius 1 is 1.54 bits per heavy atom. The summed E-state index contributed by atoms with van der Waals surface area (Å²) in [4.78, 5) is 11.0. The summed E-state index contributed by atoms with van der Waals surface area (Å²) < 4.78 is 13.0. The van der Waals surface area contributed by atoms with Crippen LogP contribution >= 0.6 is 15.9 Å². The van der Waals surface area contributed by atoms with E-state index < -0.39 is 11.7 Å². The van der Waals surface area contributed by atoms with Crippen molar-refractivity contribution >= 4 is 27.5 Å². The van der Waals surface area contributed by atoms with Crippen LogP contribution in [-0.4, -0.2) is 5.91 Å². The molecule has 0 saturated heterocycles. The molecule has 1 amide bonds. The Balaban J connectivity index is 3.23. The standard InChI is InChI=1S/C7H7BrFN3O/c8-4-1-3(7(13)12-11)6(10)2-5(4)9/h1-2H,10-11H2,(H,12,13). The lowest BCUT2D eigenvalue weighted by molar-refractivity contribution is 0.0954. The monoisotopic (exact) mass is 247 g/mol. The van der Waals surface area contributed by atoms with E-state index in [0.29, 0.717) is 0 Å². The van der Waals surface area contributed by atoms with Crippen molar-refractivity contribution in [3.8, 4) is 0 Å². The first kappa shape index (κ1) is 9.94. The molecule has 13 heavy (non-hydrogen) atoms. The van der Waals surface area contributed by atoms with Gasteiger partial charge in [0, 0.05) is 5.69 Å². The first-order valence-electron chi connectivity index (χ1n) is 3.31. The van der Waals surface area contributed by atoms with Crippen molar-refractivity contribution in [2.75, 3.05) is 5.73 Å². The fourth-order valence-electron chi connectivity index (χ4n) is 0.837. The number of carbonyl (C=O) groups excluding carboxylic acids is 1. The van der Waals surface area contributed by atoms with Gasteiger partial charge in [0.2, 0.25) is 0 Å². The van der Waals surface area contributed by atoms with Crippen LogP contribution in [0.15, 0.2) is 16.6 Å². The summed E-state index contributed by atoms with van der Waals surface area (Å²) in [5.41, 5.74) is 7.48. The highest BCUT2D eigenvalue weighted by Crippen LogP contribution is 2.22. The van der Waals surface area contributed by atoms with Gasteiger partial charge in [0.1, 0.15) is 5.82 Å². The molecule has 0 atom stereocenters. The number of nitrogens with two attached hydrogens (primary N) is 2. The summed E-state index contributed by atoms with van der Waals surface area (Å²) in [6.07, 6.45) is 0. The Labute approximate surface area is 82.2 Å². The number of nitrogens with one attached hydrogen (secondary N) is 1. The summed E-state index contributed by atoms with van der Waals surface area (Å²) in [6.45, 7) is 0. The van der Waals surface area contributed by atoms with Gasteiger partial charge < -0.3 is 5.73 Å². The molecule has 0 heterocycles. The molecular weight excluding hydrogens is 241 g/mol. The average molecular weight is 248 g/mol. The van der Waals surface area contributed by atoms with Crippen LogP contribution in [0.25, 0.3) is 0 Å². The van der Waals surface area contributed by atoms with Gasteiger partial charge in [-0.1, -0.05) is 0 Å². The predicted molar refractivity (Wildman–Crippen MR) is 50.2 cm³/mol. The predicted octanol–water partition coefficient (Wildman–Crippen LogP) is 0.774. The number of amides is 1. The minimum absolute atomic E-state index is 0.0450. The Kier molecular flexibility index (Phi) is 2.84. The molecule has 1 rings (SSSR count). The number of rotatable bonds is 1.